The fraction of sp³-hybridized carbons (Fsp3) is 0.364. The number of pyridine rings is 1. The predicted molar refractivity (Wildman–Crippen MR) is 118 cm³/mol. The zero-order chi connectivity index (χ0) is 23.1. The Morgan fingerprint density at radius 2 is 2.12 bits per heavy atom. The smallest absolute Gasteiger partial charge is 0.384 e. The van der Waals surface area contributed by atoms with Gasteiger partial charge in [0.25, 0.3) is 0 Å². The maximum Gasteiger partial charge on any atom is 0.435 e. The number of hydrogen-bond donors (Lipinski definition) is 2. The second-order valence-electron chi connectivity index (χ2n) is 7.20. The number of nitrogens with zero attached hydrogens (tertiary/aromatic N) is 4. The minimum atomic E-state index is -4.61. The summed E-state index contributed by atoms with van der Waals surface area (Å²) in [6, 6.07) is 3.36. The molecule has 0 fully saturated rings. The van der Waals surface area contributed by atoms with Crippen molar-refractivity contribution in [2.45, 2.75) is 45.8 Å². The quantitative estimate of drug-likeness (QED) is 0.625. The first-order chi connectivity index (χ1) is 15.3. The molecule has 0 radical (unpaired) electrons. The van der Waals surface area contributed by atoms with E-state index >= 15 is 0 Å². The van der Waals surface area contributed by atoms with E-state index in [4.69, 9.17) is 0 Å². The van der Waals surface area contributed by atoms with E-state index < -0.39 is 17.8 Å². The van der Waals surface area contributed by atoms with Gasteiger partial charge in [0.15, 0.2) is 5.69 Å². The Morgan fingerprint density at radius 3 is 2.72 bits per heavy atom. The molecule has 10 heteroatoms. The van der Waals surface area contributed by atoms with Gasteiger partial charge < -0.3 is 10.6 Å². The molecule has 0 atom stereocenters. The van der Waals surface area contributed by atoms with Crippen molar-refractivity contribution >= 4 is 29.2 Å². The van der Waals surface area contributed by atoms with Crippen LogP contribution >= 0.6 is 0 Å². The van der Waals surface area contributed by atoms with E-state index in [9.17, 15) is 18.0 Å². The van der Waals surface area contributed by atoms with E-state index in [0.717, 1.165) is 10.2 Å². The lowest BCUT2D eigenvalue weighted by atomic mass is 10.0. The number of rotatable bonds is 8. The summed E-state index contributed by atoms with van der Waals surface area (Å²) in [5.74, 6) is -0.241. The van der Waals surface area contributed by atoms with Crippen molar-refractivity contribution in [2.24, 2.45) is 4.99 Å². The third kappa shape index (κ3) is 5.83. The normalized spacial score (nSPS) is 14.2. The SMILES string of the molecule is CC/C=C(\CCC)c1cn(CC(=O)Nc2ccc(C3=CNCC=N3)cn2)nc1C(F)(F)F. The maximum atomic E-state index is 13.5. The molecule has 0 bridgehead atoms. The average Bonchev–Trinajstić information content (AvgIpc) is 3.19. The summed E-state index contributed by atoms with van der Waals surface area (Å²) >= 11 is 0. The third-order valence-electron chi connectivity index (χ3n) is 4.66. The molecule has 0 aliphatic carbocycles. The zero-order valence-corrected chi connectivity index (χ0v) is 17.9. The van der Waals surface area contributed by atoms with E-state index in [1.807, 2.05) is 13.8 Å². The second kappa shape index (κ2) is 10.3. The summed E-state index contributed by atoms with van der Waals surface area (Å²) in [6.07, 6.45) is 5.33. The van der Waals surface area contributed by atoms with Gasteiger partial charge in [-0.15, -0.1) is 0 Å². The van der Waals surface area contributed by atoms with Crippen molar-refractivity contribution in [1.82, 2.24) is 20.1 Å². The lowest BCUT2D eigenvalue weighted by Gasteiger charge is -2.09. The van der Waals surface area contributed by atoms with Crippen LogP contribution in [0.2, 0.25) is 0 Å². The number of nitrogens with one attached hydrogen (secondary N) is 2. The van der Waals surface area contributed by atoms with Gasteiger partial charge in [-0.2, -0.15) is 18.3 Å². The van der Waals surface area contributed by atoms with Crippen LogP contribution in [0, 0.1) is 0 Å². The number of carbonyl (C=O) groups excluding carboxylic acids is 1. The molecule has 1 amide bonds. The number of anilines is 1. The number of hydrogen-bond acceptors (Lipinski definition) is 5. The molecule has 0 spiro atoms. The molecule has 1 aliphatic rings. The van der Waals surface area contributed by atoms with Gasteiger partial charge in [-0.25, -0.2) is 4.98 Å². The van der Waals surface area contributed by atoms with Gasteiger partial charge in [0.2, 0.25) is 5.91 Å². The van der Waals surface area contributed by atoms with Crippen LogP contribution in [0.25, 0.3) is 11.3 Å². The summed E-state index contributed by atoms with van der Waals surface area (Å²) in [7, 11) is 0. The molecule has 170 valence electrons. The van der Waals surface area contributed by atoms with Gasteiger partial charge in [0, 0.05) is 42.5 Å². The van der Waals surface area contributed by atoms with Crippen LogP contribution in [0.5, 0.6) is 0 Å². The van der Waals surface area contributed by atoms with Crippen molar-refractivity contribution in [1.29, 1.82) is 0 Å². The Morgan fingerprint density at radius 1 is 1.31 bits per heavy atom. The minimum absolute atomic E-state index is 0.0198. The van der Waals surface area contributed by atoms with E-state index in [1.165, 1.54) is 6.20 Å². The molecule has 1 aliphatic heterocycles. The number of halogens is 3. The van der Waals surface area contributed by atoms with Crippen LogP contribution < -0.4 is 10.6 Å². The summed E-state index contributed by atoms with van der Waals surface area (Å²) in [5.41, 5.74) is 1.11. The molecule has 0 aromatic carbocycles. The monoisotopic (exact) mass is 446 g/mol. The summed E-state index contributed by atoms with van der Waals surface area (Å²) in [5, 5.41) is 9.30. The number of alkyl halides is 3. The molecule has 2 N–H and O–H groups in total. The molecule has 32 heavy (non-hydrogen) atoms. The van der Waals surface area contributed by atoms with Gasteiger partial charge in [0.1, 0.15) is 12.4 Å². The van der Waals surface area contributed by atoms with Gasteiger partial charge >= 0.3 is 6.18 Å². The minimum Gasteiger partial charge on any atom is -0.384 e. The Hall–Kier alpha value is -3.43. The standard InChI is InChI=1S/C22H25F3N6O/c1-3-5-15(6-4-2)17-13-31(30-21(17)22(23,24)25)14-20(32)29-19-8-7-16(11-28-19)18-12-26-9-10-27-18/h5,7-8,10-13,26H,3-4,6,9,14H2,1-2H3,(H,28,29,32)/b15-5+. The van der Waals surface area contributed by atoms with E-state index in [-0.39, 0.29) is 17.9 Å². The van der Waals surface area contributed by atoms with Crippen molar-refractivity contribution in [3.8, 4) is 0 Å². The Balaban J connectivity index is 1.74. The maximum absolute atomic E-state index is 13.5. The summed E-state index contributed by atoms with van der Waals surface area (Å²) < 4.78 is 41.7. The zero-order valence-electron chi connectivity index (χ0n) is 17.9. The van der Waals surface area contributed by atoms with Crippen molar-refractivity contribution < 1.29 is 18.0 Å². The largest absolute Gasteiger partial charge is 0.435 e. The Kier molecular flexibility index (Phi) is 7.45. The van der Waals surface area contributed by atoms with E-state index in [1.54, 1.807) is 36.8 Å². The van der Waals surface area contributed by atoms with Crippen LogP contribution in [-0.4, -0.2) is 33.4 Å². The van der Waals surface area contributed by atoms with E-state index in [2.05, 4.69) is 25.7 Å². The van der Waals surface area contributed by atoms with Gasteiger partial charge in [-0.05, 0) is 30.5 Å². The highest BCUT2D eigenvalue weighted by atomic mass is 19.4. The molecular weight excluding hydrogens is 421 g/mol. The highest BCUT2D eigenvalue weighted by Crippen LogP contribution is 2.35. The van der Waals surface area contributed by atoms with Crippen LogP contribution in [0.3, 0.4) is 0 Å². The average molecular weight is 446 g/mol. The lowest BCUT2D eigenvalue weighted by Crippen LogP contribution is -2.20. The predicted octanol–water partition coefficient (Wildman–Crippen LogP) is 4.50. The van der Waals surface area contributed by atoms with Crippen LogP contribution in [0.15, 0.2) is 41.8 Å². The molecule has 7 nitrogen and oxygen atoms in total. The van der Waals surface area contributed by atoms with Gasteiger partial charge in [0.05, 0.1) is 5.70 Å². The molecular formula is C22H25F3N6O. The van der Waals surface area contributed by atoms with E-state index in [0.29, 0.717) is 37.1 Å². The number of aliphatic imine (C=N–C) groups is 1. The van der Waals surface area contributed by atoms with Crippen molar-refractivity contribution in [2.75, 3.05) is 11.9 Å². The number of amides is 1. The van der Waals surface area contributed by atoms with Gasteiger partial charge in [-0.3, -0.25) is 14.5 Å². The molecule has 0 saturated heterocycles. The fourth-order valence-corrected chi connectivity index (χ4v) is 3.31. The summed E-state index contributed by atoms with van der Waals surface area (Å²) in [4.78, 5) is 20.8. The molecule has 0 unspecified atom stereocenters. The highest BCUT2D eigenvalue weighted by molar-refractivity contribution is 5.89. The molecule has 3 rings (SSSR count). The summed E-state index contributed by atoms with van der Waals surface area (Å²) in [6.45, 7) is 4.06. The topological polar surface area (TPSA) is 84.2 Å². The van der Waals surface area contributed by atoms with Crippen molar-refractivity contribution in [3.63, 3.8) is 0 Å². The third-order valence-corrected chi connectivity index (χ3v) is 4.66. The van der Waals surface area contributed by atoms with Crippen LogP contribution in [0.4, 0.5) is 19.0 Å². The molecule has 3 heterocycles. The fourth-order valence-electron chi connectivity index (χ4n) is 3.31. The first-order valence-electron chi connectivity index (χ1n) is 10.4. The first-order valence-corrected chi connectivity index (χ1v) is 10.4. The van der Waals surface area contributed by atoms with Gasteiger partial charge in [-0.1, -0.05) is 26.3 Å². The van der Waals surface area contributed by atoms with Crippen LogP contribution in [-0.2, 0) is 17.5 Å². The Bertz CT molecular complexity index is 1030. The lowest BCUT2D eigenvalue weighted by molar-refractivity contribution is -0.141. The molecule has 2 aromatic rings. The van der Waals surface area contributed by atoms with Crippen LogP contribution in [0.1, 0.15) is 49.9 Å². The highest BCUT2D eigenvalue weighted by Gasteiger charge is 2.38. The molecule has 0 saturated carbocycles. The first kappa shape index (κ1) is 23.2. The number of aromatic nitrogens is 3. The van der Waals surface area contributed by atoms with Crippen molar-refractivity contribution in [3.05, 3.63) is 53.6 Å². The second-order valence-corrected chi connectivity index (χ2v) is 7.20. The molecule has 2 aromatic heterocycles. The number of carbonyl (C=O) groups is 1. The number of allylic oxidation sites excluding steroid dienone is 2. The Labute approximate surface area is 184 Å².